The van der Waals surface area contributed by atoms with Crippen LogP contribution in [0.4, 0.5) is 5.69 Å². The predicted octanol–water partition coefficient (Wildman–Crippen LogP) is 2.00. The standard InChI is InChI=1S/C19H20N4O3S2/c1-12-5-6-13(18(24)21-9-14-4-2-3-7-20-14)8-15(12)22-19-23-16-10-28(25,26)11-17(16)27-19/h2-8,16-17H,9-11H2,1H3,(H,21,24)(H,22,23)/t16-,17-/m0/s1. The first-order chi connectivity index (χ1) is 13.4. The number of nitrogens with one attached hydrogen (secondary N) is 2. The number of nitrogens with zero attached hydrogens (tertiary/aromatic N) is 2. The van der Waals surface area contributed by atoms with Crippen LogP contribution in [-0.2, 0) is 16.4 Å². The zero-order chi connectivity index (χ0) is 19.7. The normalized spacial score (nSPS) is 22.4. The number of aromatic nitrogens is 1. The molecule has 2 N–H and O–H groups in total. The van der Waals surface area contributed by atoms with Crippen molar-refractivity contribution in [3.8, 4) is 0 Å². The number of thioether (sulfide) groups is 1. The molecule has 2 aliphatic heterocycles. The summed E-state index contributed by atoms with van der Waals surface area (Å²) in [6.07, 6.45) is 1.69. The van der Waals surface area contributed by atoms with E-state index in [1.165, 1.54) is 11.8 Å². The Labute approximate surface area is 168 Å². The summed E-state index contributed by atoms with van der Waals surface area (Å²) >= 11 is 1.46. The SMILES string of the molecule is Cc1ccc(C(=O)NCc2ccccn2)cc1NC1=N[C@H]2CS(=O)(=O)C[C@@H]2S1. The minimum Gasteiger partial charge on any atom is -0.346 e. The van der Waals surface area contributed by atoms with Gasteiger partial charge >= 0.3 is 0 Å². The number of carbonyl (C=O) groups is 1. The van der Waals surface area contributed by atoms with Crippen LogP contribution in [0.5, 0.6) is 0 Å². The van der Waals surface area contributed by atoms with Crippen molar-refractivity contribution in [2.24, 2.45) is 4.99 Å². The second-order valence-electron chi connectivity index (χ2n) is 6.89. The van der Waals surface area contributed by atoms with Crippen molar-refractivity contribution in [3.05, 3.63) is 59.4 Å². The van der Waals surface area contributed by atoms with E-state index in [-0.39, 0.29) is 28.7 Å². The van der Waals surface area contributed by atoms with Crippen LogP contribution in [0.3, 0.4) is 0 Å². The van der Waals surface area contributed by atoms with E-state index >= 15 is 0 Å². The molecule has 2 aliphatic rings. The first kappa shape index (κ1) is 18.9. The van der Waals surface area contributed by atoms with Crippen molar-refractivity contribution in [2.75, 3.05) is 16.8 Å². The van der Waals surface area contributed by atoms with Gasteiger partial charge in [0.2, 0.25) is 0 Å². The molecule has 146 valence electrons. The Morgan fingerprint density at radius 3 is 2.86 bits per heavy atom. The van der Waals surface area contributed by atoms with Gasteiger partial charge in [-0.15, -0.1) is 0 Å². The third-order valence-electron chi connectivity index (χ3n) is 4.72. The molecule has 28 heavy (non-hydrogen) atoms. The molecule has 1 fully saturated rings. The third-order valence-corrected chi connectivity index (χ3v) is 7.86. The van der Waals surface area contributed by atoms with Crippen molar-refractivity contribution < 1.29 is 13.2 Å². The van der Waals surface area contributed by atoms with E-state index in [2.05, 4.69) is 20.6 Å². The Balaban J connectivity index is 1.43. The first-order valence-corrected chi connectivity index (χ1v) is 11.6. The fraction of sp³-hybridized carbons (Fsp3) is 0.316. The number of hydrogen-bond donors (Lipinski definition) is 2. The molecule has 1 aromatic carbocycles. The smallest absolute Gasteiger partial charge is 0.251 e. The van der Waals surface area contributed by atoms with Gasteiger partial charge in [-0.05, 0) is 36.8 Å². The number of aryl methyl sites for hydroxylation is 1. The van der Waals surface area contributed by atoms with Crippen LogP contribution >= 0.6 is 11.8 Å². The Bertz CT molecular complexity index is 1040. The van der Waals surface area contributed by atoms with E-state index in [4.69, 9.17) is 0 Å². The monoisotopic (exact) mass is 416 g/mol. The van der Waals surface area contributed by atoms with E-state index in [1.807, 2.05) is 31.2 Å². The molecule has 0 unspecified atom stereocenters. The Morgan fingerprint density at radius 1 is 1.25 bits per heavy atom. The van der Waals surface area contributed by atoms with Crippen molar-refractivity contribution in [3.63, 3.8) is 0 Å². The number of sulfone groups is 1. The summed E-state index contributed by atoms with van der Waals surface area (Å²) in [5.74, 6) is 0.106. The van der Waals surface area contributed by atoms with Gasteiger partial charge in [-0.25, -0.2) is 8.42 Å². The molecule has 0 bridgehead atoms. The average Bonchev–Trinajstić information content (AvgIpc) is 3.15. The number of amides is 1. The quantitative estimate of drug-likeness (QED) is 0.791. The van der Waals surface area contributed by atoms with Crippen LogP contribution in [0.15, 0.2) is 47.6 Å². The number of benzene rings is 1. The highest BCUT2D eigenvalue weighted by atomic mass is 32.2. The van der Waals surface area contributed by atoms with Gasteiger partial charge in [0.25, 0.3) is 5.91 Å². The molecule has 1 amide bonds. The molecule has 1 saturated heterocycles. The van der Waals surface area contributed by atoms with E-state index in [1.54, 1.807) is 18.3 Å². The molecule has 9 heteroatoms. The van der Waals surface area contributed by atoms with Crippen molar-refractivity contribution in [1.82, 2.24) is 10.3 Å². The maximum Gasteiger partial charge on any atom is 0.251 e. The molecular weight excluding hydrogens is 396 g/mol. The molecular formula is C19H20N4O3S2. The second kappa shape index (κ2) is 7.56. The summed E-state index contributed by atoms with van der Waals surface area (Å²) < 4.78 is 23.4. The number of carbonyl (C=O) groups excluding carboxylic acids is 1. The highest BCUT2D eigenvalue weighted by Crippen LogP contribution is 2.35. The number of fused-ring (bicyclic) bond motifs is 1. The van der Waals surface area contributed by atoms with Gasteiger partial charge in [0.15, 0.2) is 15.0 Å². The predicted molar refractivity (Wildman–Crippen MR) is 111 cm³/mol. The molecule has 3 heterocycles. The molecule has 2 atom stereocenters. The van der Waals surface area contributed by atoms with Gasteiger partial charge in [-0.3, -0.25) is 14.8 Å². The largest absolute Gasteiger partial charge is 0.346 e. The van der Waals surface area contributed by atoms with Gasteiger partial charge in [0.1, 0.15) is 0 Å². The summed E-state index contributed by atoms with van der Waals surface area (Å²) in [5, 5.41) is 6.82. The topological polar surface area (TPSA) is 101 Å². The van der Waals surface area contributed by atoms with Gasteiger partial charge in [-0.1, -0.05) is 23.9 Å². The number of rotatable bonds is 4. The van der Waals surface area contributed by atoms with Gasteiger partial charge in [-0.2, -0.15) is 0 Å². The van der Waals surface area contributed by atoms with E-state index in [0.717, 1.165) is 16.9 Å². The van der Waals surface area contributed by atoms with Gasteiger partial charge < -0.3 is 10.6 Å². The van der Waals surface area contributed by atoms with Crippen LogP contribution in [0, 0.1) is 6.92 Å². The Kier molecular flexibility index (Phi) is 5.11. The lowest BCUT2D eigenvalue weighted by atomic mass is 10.1. The molecule has 4 rings (SSSR count). The highest BCUT2D eigenvalue weighted by molar-refractivity contribution is 8.15. The minimum absolute atomic E-state index is 0.0161. The number of pyridine rings is 1. The summed E-state index contributed by atoms with van der Waals surface area (Å²) in [4.78, 5) is 21.2. The zero-order valence-corrected chi connectivity index (χ0v) is 16.9. The number of hydrogen-bond acceptors (Lipinski definition) is 7. The minimum atomic E-state index is -2.97. The molecule has 1 aromatic heterocycles. The summed E-state index contributed by atoms with van der Waals surface area (Å²) in [7, 11) is -2.97. The van der Waals surface area contributed by atoms with Crippen LogP contribution in [0.25, 0.3) is 0 Å². The highest BCUT2D eigenvalue weighted by Gasteiger charge is 2.42. The molecule has 0 spiro atoms. The first-order valence-electron chi connectivity index (χ1n) is 8.90. The van der Waals surface area contributed by atoms with Gasteiger partial charge in [0.05, 0.1) is 29.8 Å². The van der Waals surface area contributed by atoms with E-state index in [0.29, 0.717) is 17.3 Å². The summed E-state index contributed by atoms with van der Waals surface area (Å²) in [6.45, 7) is 2.31. The zero-order valence-electron chi connectivity index (χ0n) is 15.3. The van der Waals surface area contributed by atoms with Crippen LogP contribution < -0.4 is 10.6 Å². The second-order valence-corrected chi connectivity index (χ2v) is 10.3. The van der Waals surface area contributed by atoms with Crippen molar-refractivity contribution in [2.45, 2.75) is 24.8 Å². The lowest BCUT2D eigenvalue weighted by Crippen LogP contribution is -2.23. The summed E-state index contributed by atoms with van der Waals surface area (Å²) in [5.41, 5.74) is 3.10. The lowest BCUT2D eigenvalue weighted by Gasteiger charge is -2.12. The molecule has 2 aromatic rings. The van der Waals surface area contributed by atoms with Gasteiger partial charge in [0, 0.05) is 22.7 Å². The van der Waals surface area contributed by atoms with E-state index in [9.17, 15) is 13.2 Å². The number of aliphatic imine (C=N–C) groups is 1. The fourth-order valence-corrected chi connectivity index (χ4v) is 6.87. The van der Waals surface area contributed by atoms with Crippen LogP contribution in [-0.4, -0.2) is 47.3 Å². The van der Waals surface area contributed by atoms with E-state index < -0.39 is 9.84 Å². The fourth-order valence-electron chi connectivity index (χ4n) is 3.20. The third kappa shape index (κ3) is 4.20. The maximum atomic E-state index is 12.5. The Morgan fingerprint density at radius 2 is 2.11 bits per heavy atom. The lowest BCUT2D eigenvalue weighted by molar-refractivity contribution is 0.0950. The molecule has 0 radical (unpaired) electrons. The van der Waals surface area contributed by atoms with Crippen molar-refractivity contribution >= 4 is 38.4 Å². The molecule has 7 nitrogen and oxygen atoms in total. The Hall–Kier alpha value is -2.39. The maximum absolute atomic E-state index is 12.5. The number of amidine groups is 1. The average molecular weight is 417 g/mol. The van der Waals surface area contributed by atoms with Crippen LogP contribution in [0.1, 0.15) is 21.6 Å². The molecule has 0 aliphatic carbocycles. The number of anilines is 1. The van der Waals surface area contributed by atoms with Crippen LogP contribution in [0.2, 0.25) is 0 Å². The van der Waals surface area contributed by atoms with Crippen molar-refractivity contribution in [1.29, 1.82) is 0 Å². The summed E-state index contributed by atoms with van der Waals surface area (Å²) in [6, 6.07) is 10.8. The molecule has 0 saturated carbocycles.